The van der Waals surface area contributed by atoms with Crippen LogP contribution in [0.15, 0.2) is 18.2 Å². The van der Waals surface area contributed by atoms with Gasteiger partial charge in [-0.25, -0.2) is 0 Å². The molecule has 0 atom stereocenters. The van der Waals surface area contributed by atoms with E-state index in [0.717, 1.165) is 11.6 Å². The summed E-state index contributed by atoms with van der Waals surface area (Å²) in [7, 11) is 2.00. The summed E-state index contributed by atoms with van der Waals surface area (Å²) in [6.45, 7) is 3.22. The maximum Gasteiger partial charge on any atom is 0.0642 e. The zero-order valence-electron chi connectivity index (χ0n) is 13.1. The van der Waals surface area contributed by atoms with Crippen LogP contribution in [0.3, 0.4) is 0 Å². The highest BCUT2D eigenvalue weighted by Crippen LogP contribution is 2.46. The van der Waals surface area contributed by atoms with E-state index in [1.165, 1.54) is 69.3 Å². The molecule has 3 rings (SSSR count). The summed E-state index contributed by atoms with van der Waals surface area (Å²) in [5.41, 5.74) is 3.24. The predicted octanol–water partition coefficient (Wildman–Crippen LogP) is 4.61. The molecule has 3 heteroatoms. The van der Waals surface area contributed by atoms with Crippen LogP contribution in [0.2, 0.25) is 5.02 Å². The fourth-order valence-electron chi connectivity index (χ4n) is 4.25. The van der Waals surface area contributed by atoms with Crippen LogP contribution in [0.4, 0.5) is 5.69 Å². The van der Waals surface area contributed by atoms with E-state index in [-0.39, 0.29) is 0 Å². The molecule has 1 aromatic rings. The van der Waals surface area contributed by atoms with Gasteiger partial charge in [-0.3, -0.25) is 0 Å². The number of anilines is 1. The van der Waals surface area contributed by atoms with Gasteiger partial charge >= 0.3 is 0 Å². The van der Waals surface area contributed by atoms with Crippen molar-refractivity contribution in [2.24, 2.45) is 5.41 Å². The molecule has 2 aliphatic rings. The minimum atomic E-state index is 0.652. The van der Waals surface area contributed by atoms with Crippen LogP contribution in [0.25, 0.3) is 0 Å². The molecule has 2 nitrogen and oxygen atoms in total. The molecule has 1 aliphatic carbocycles. The monoisotopic (exact) mass is 306 g/mol. The lowest BCUT2D eigenvalue weighted by atomic mass is 9.68. The molecular weight excluding hydrogens is 280 g/mol. The number of halogens is 1. The molecule has 1 aliphatic heterocycles. The van der Waals surface area contributed by atoms with Crippen molar-refractivity contribution in [3.63, 3.8) is 0 Å². The van der Waals surface area contributed by atoms with Gasteiger partial charge in [-0.05, 0) is 49.8 Å². The Hall–Kier alpha value is -0.730. The van der Waals surface area contributed by atoms with Crippen LogP contribution in [0.1, 0.15) is 50.5 Å². The second-order valence-electron chi connectivity index (χ2n) is 6.83. The maximum atomic E-state index is 6.51. The van der Waals surface area contributed by atoms with Crippen LogP contribution < -0.4 is 10.2 Å². The zero-order valence-corrected chi connectivity index (χ0v) is 13.9. The Labute approximate surface area is 133 Å². The van der Waals surface area contributed by atoms with E-state index in [1.54, 1.807) is 0 Å². The van der Waals surface area contributed by atoms with Crippen LogP contribution in [-0.2, 0) is 6.54 Å². The molecule has 1 aromatic carbocycles. The van der Waals surface area contributed by atoms with Gasteiger partial charge in [0.2, 0.25) is 0 Å². The third kappa shape index (κ3) is 3.22. The lowest BCUT2D eigenvalue weighted by molar-refractivity contribution is 0.144. The molecule has 0 bridgehead atoms. The summed E-state index contributed by atoms with van der Waals surface area (Å²) in [6, 6.07) is 6.29. The topological polar surface area (TPSA) is 15.3 Å². The van der Waals surface area contributed by atoms with Crippen molar-refractivity contribution >= 4 is 17.3 Å². The van der Waals surface area contributed by atoms with Crippen LogP contribution in [0.5, 0.6) is 0 Å². The van der Waals surface area contributed by atoms with Gasteiger partial charge in [0.25, 0.3) is 0 Å². The first-order chi connectivity index (χ1) is 10.2. The molecule has 2 fully saturated rings. The van der Waals surface area contributed by atoms with Gasteiger partial charge in [0.1, 0.15) is 0 Å². The van der Waals surface area contributed by atoms with Crippen molar-refractivity contribution < 1.29 is 0 Å². The summed E-state index contributed by atoms with van der Waals surface area (Å²) in [4.78, 5) is 2.52. The Balaban J connectivity index is 1.74. The van der Waals surface area contributed by atoms with Gasteiger partial charge in [0.05, 0.1) is 10.7 Å². The third-order valence-corrected chi connectivity index (χ3v) is 5.80. The Bertz CT molecular complexity index is 470. The molecule has 1 saturated heterocycles. The number of rotatable bonds is 3. The molecule has 1 N–H and O–H groups in total. The van der Waals surface area contributed by atoms with Crippen molar-refractivity contribution in [2.45, 2.75) is 51.5 Å². The smallest absolute Gasteiger partial charge is 0.0642 e. The van der Waals surface area contributed by atoms with E-state index in [4.69, 9.17) is 11.6 Å². The van der Waals surface area contributed by atoms with Gasteiger partial charge in [0, 0.05) is 19.6 Å². The highest BCUT2D eigenvalue weighted by Gasteiger charge is 2.36. The molecule has 116 valence electrons. The fraction of sp³-hybridized carbons (Fsp3) is 0.667. The summed E-state index contributed by atoms with van der Waals surface area (Å²) >= 11 is 6.51. The summed E-state index contributed by atoms with van der Waals surface area (Å²) in [5, 5.41) is 4.17. The maximum absolute atomic E-state index is 6.51. The van der Waals surface area contributed by atoms with E-state index in [0.29, 0.717) is 5.41 Å². The predicted molar refractivity (Wildman–Crippen MR) is 91.2 cm³/mol. The van der Waals surface area contributed by atoms with Gasteiger partial charge in [-0.2, -0.15) is 0 Å². The lowest BCUT2D eigenvalue weighted by Gasteiger charge is -2.45. The molecular formula is C18H27ClN2. The first kappa shape index (κ1) is 15.2. The van der Waals surface area contributed by atoms with Crippen molar-refractivity contribution in [3.05, 3.63) is 28.8 Å². The standard InChI is InChI=1S/C18H27ClN2/c1-20-14-15-6-5-7-16(19)17(15)21-12-10-18(11-13-21)8-3-2-4-9-18/h5-7,20H,2-4,8-14H2,1H3. The highest BCUT2D eigenvalue weighted by atomic mass is 35.5. The quantitative estimate of drug-likeness (QED) is 0.877. The Morgan fingerprint density at radius 1 is 1.10 bits per heavy atom. The van der Waals surface area contributed by atoms with Gasteiger partial charge in [0.15, 0.2) is 0 Å². The van der Waals surface area contributed by atoms with E-state index in [1.807, 2.05) is 13.1 Å². The molecule has 1 saturated carbocycles. The number of benzene rings is 1. The number of nitrogens with one attached hydrogen (secondary N) is 1. The summed E-state index contributed by atoms with van der Waals surface area (Å²) < 4.78 is 0. The molecule has 1 spiro atoms. The average molecular weight is 307 g/mol. The van der Waals surface area contributed by atoms with E-state index >= 15 is 0 Å². The highest BCUT2D eigenvalue weighted by molar-refractivity contribution is 6.33. The van der Waals surface area contributed by atoms with Crippen molar-refractivity contribution in [3.8, 4) is 0 Å². The van der Waals surface area contributed by atoms with Gasteiger partial charge in [-0.1, -0.05) is 43.0 Å². The number of piperidine rings is 1. The van der Waals surface area contributed by atoms with Gasteiger partial charge < -0.3 is 10.2 Å². The summed E-state index contributed by atoms with van der Waals surface area (Å²) in [6.07, 6.45) is 9.92. The van der Waals surface area contributed by atoms with Crippen molar-refractivity contribution in [1.29, 1.82) is 0 Å². The number of nitrogens with zero attached hydrogens (tertiary/aromatic N) is 1. The lowest BCUT2D eigenvalue weighted by Crippen LogP contribution is -2.41. The zero-order chi connectivity index (χ0) is 14.7. The molecule has 0 amide bonds. The van der Waals surface area contributed by atoms with Crippen molar-refractivity contribution in [2.75, 3.05) is 25.0 Å². The number of hydrogen-bond donors (Lipinski definition) is 1. The largest absolute Gasteiger partial charge is 0.370 e. The van der Waals surface area contributed by atoms with E-state index < -0.39 is 0 Å². The normalized spacial score (nSPS) is 21.7. The van der Waals surface area contributed by atoms with Crippen LogP contribution in [0, 0.1) is 5.41 Å². The molecule has 0 aromatic heterocycles. The summed E-state index contributed by atoms with van der Waals surface area (Å²) in [5.74, 6) is 0. The molecule has 1 heterocycles. The Morgan fingerprint density at radius 3 is 2.48 bits per heavy atom. The number of hydrogen-bond acceptors (Lipinski definition) is 2. The van der Waals surface area contributed by atoms with Crippen LogP contribution >= 0.6 is 11.6 Å². The molecule has 21 heavy (non-hydrogen) atoms. The Morgan fingerprint density at radius 2 is 1.81 bits per heavy atom. The first-order valence-electron chi connectivity index (χ1n) is 8.41. The first-order valence-corrected chi connectivity index (χ1v) is 8.79. The Kier molecular flexibility index (Phi) is 4.75. The van der Waals surface area contributed by atoms with Gasteiger partial charge in [-0.15, -0.1) is 0 Å². The van der Waals surface area contributed by atoms with E-state index in [2.05, 4.69) is 22.3 Å². The molecule has 0 radical (unpaired) electrons. The minimum absolute atomic E-state index is 0.652. The van der Waals surface area contributed by atoms with Crippen molar-refractivity contribution in [1.82, 2.24) is 5.32 Å². The fourth-order valence-corrected chi connectivity index (χ4v) is 4.57. The number of para-hydroxylation sites is 1. The second-order valence-corrected chi connectivity index (χ2v) is 7.23. The molecule has 0 unspecified atom stereocenters. The second kappa shape index (κ2) is 6.58. The SMILES string of the molecule is CNCc1cccc(Cl)c1N1CCC2(CCCCC2)CC1. The third-order valence-electron chi connectivity index (χ3n) is 5.49. The van der Waals surface area contributed by atoms with E-state index in [9.17, 15) is 0 Å². The van der Waals surface area contributed by atoms with Crippen LogP contribution in [-0.4, -0.2) is 20.1 Å². The average Bonchev–Trinajstić information content (AvgIpc) is 2.50. The minimum Gasteiger partial charge on any atom is -0.370 e.